The standard InChI is InChI=1S/C21H18N4O2S/c1-14(2)18-5-3-4-6-19(18)23-12-16(11-22)21-24-20(13-28-21)15-7-9-17(10-8-15)25(26)27/h3-10,12-14,23H,1-2H3/b16-12-. The van der Waals surface area contributed by atoms with Crippen LogP contribution in [-0.4, -0.2) is 9.91 Å². The number of nitrogens with one attached hydrogen (secondary N) is 1. The molecule has 0 aliphatic carbocycles. The van der Waals surface area contributed by atoms with Gasteiger partial charge < -0.3 is 5.32 Å². The van der Waals surface area contributed by atoms with E-state index < -0.39 is 4.92 Å². The average Bonchev–Trinajstić information content (AvgIpc) is 3.19. The van der Waals surface area contributed by atoms with Crippen molar-refractivity contribution >= 4 is 28.3 Å². The lowest BCUT2D eigenvalue weighted by atomic mass is 10.0. The Labute approximate surface area is 167 Å². The molecule has 2 aromatic carbocycles. The summed E-state index contributed by atoms with van der Waals surface area (Å²) in [7, 11) is 0. The highest BCUT2D eigenvalue weighted by atomic mass is 32.1. The maximum Gasteiger partial charge on any atom is 0.269 e. The van der Waals surface area contributed by atoms with Gasteiger partial charge in [-0.1, -0.05) is 32.0 Å². The van der Waals surface area contributed by atoms with Crippen LogP contribution in [-0.2, 0) is 0 Å². The fraction of sp³-hybridized carbons (Fsp3) is 0.143. The summed E-state index contributed by atoms with van der Waals surface area (Å²) in [5.74, 6) is 0.358. The second kappa shape index (κ2) is 8.46. The van der Waals surface area contributed by atoms with E-state index in [2.05, 4.69) is 36.3 Å². The second-order valence-corrected chi connectivity index (χ2v) is 7.26. The maximum atomic E-state index is 10.8. The quantitative estimate of drug-likeness (QED) is 0.325. The second-order valence-electron chi connectivity index (χ2n) is 6.40. The number of hydrogen-bond acceptors (Lipinski definition) is 6. The van der Waals surface area contributed by atoms with Crippen molar-refractivity contribution in [3.05, 3.63) is 80.8 Å². The minimum absolute atomic E-state index is 0.0323. The summed E-state index contributed by atoms with van der Waals surface area (Å²) in [5, 5.41) is 26.0. The van der Waals surface area contributed by atoms with Crippen LogP contribution >= 0.6 is 11.3 Å². The molecule has 0 spiro atoms. The predicted molar refractivity (Wildman–Crippen MR) is 112 cm³/mol. The molecule has 140 valence electrons. The molecule has 0 fully saturated rings. The summed E-state index contributed by atoms with van der Waals surface area (Å²) in [5.41, 5.74) is 4.03. The van der Waals surface area contributed by atoms with Crippen LogP contribution in [0, 0.1) is 21.4 Å². The number of rotatable bonds is 6. The summed E-state index contributed by atoms with van der Waals surface area (Å²) >= 11 is 1.36. The first-order valence-electron chi connectivity index (χ1n) is 8.66. The molecule has 0 radical (unpaired) electrons. The zero-order chi connectivity index (χ0) is 20.1. The molecule has 0 aliphatic rings. The molecule has 0 aliphatic heterocycles. The van der Waals surface area contributed by atoms with Gasteiger partial charge in [0.15, 0.2) is 0 Å². The van der Waals surface area contributed by atoms with Gasteiger partial charge in [-0.15, -0.1) is 11.3 Å². The van der Waals surface area contributed by atoms with Gasteiger partial charge in [-0.3, -0.25) is 10.1 Å². The lowest BCUT2D eigenvalue weighted by molar-refractivity contribution is -0.384. The molecule has 1 N–H and O–H groups in total. The molecule has 0 saturated heterocycles. The first-order chi connectivity index (χ1) is 13.5. The van der Waals surface area contributed by atoms with Crippen molar-refractivity contribution < 1.29 is 4.92 Å². The van der Waals surface area contributed by atoms with Crippen molar-refractivity contribution in [3.63, 3.8) is 0 Å². The number of aromatic nitrogens is 1. The molecule has 0 atom stereocenters. The molecule has 6 nitrogen and oxygen atoms in total. The largest absolute Gasteiger partial charge is 0.360 e. The van der Waals surface area contributed by atoms with Crippen LogP contribution in [0.5, 0.6) is 0 Å². The van der Waals surface area contributed by atoms with Crippen molar-refractivity contribution in [2.24, 2.45) is 0 Å². The highest BCUT2D eigenvalue weighted by molar-refractivity contribution is 7.11. The zero-order valence-corrected chi connectivity index (χ0v) is 16.2. The molecule has 0 unspecified atom stereocenters. The summed E-state index contributed by atoms with van der Waals surface area (Å²) in [6.07, 6.45) is 1.67. The van der Waals surface area contributed by atoms with E-state index in [4.69, 9.17) is 0 Å². The van der Waals surface area contributed by atoms with E-state index in [-0.39, 0.29) is 5.69 Å². The normalized spacial score (nSPS) is 11.3. The Balaban J connectivity index is 1.83. The number of nitro groups is 1. The van der Waals surface area contributed by atoms with Crippen LogP contribution in [0.25, 0.3) is 16.8 Å². The summed E-state index contributed by atoms with van der Waals surface area (Å²) in [6, 6.07) is 16.4. The maximum absolute atomic E-state index is 10.8. The molecule has 3 rings (SSSR count). The van der Waals surface area contributed by atoms with Crippen molar-refractivity contribution in [1.29, 1.82) is 5.26 Å². The van der Waals surface area contributed by atoms with Gasteiger partial charge in [0, 0.05) is 35.0 Å². The van der Waals surface area contributed by atoms with Crippen molar-refractivity contribution in [3.8, 4) is 17.3 Å². The van der Waals surface area contributed by atoms with Gasteiger partial charge in [0.2, 0.25) is 0 Å². The molecule has 7 heteroatoms. The number of non-ortho nitro benzene ring substituents is 1. The predicted octanol–water partition coefficient (Wildman–Crippen LogP) is 5.82. The van der Waals surface area contributed by atoms with E-state index in [1.165, 1.54) is 29.0 Å². The van der Waals surface area contributed by atoms with Crippen LogP contribution in [0.3, 0.4) is 0 Å². The van der Waals surface area contributed by atoms with Crippen LogP contribution < -0.4 is 5.32 Å². The summed E-state index contributed by atoms with van der Waals surface area (Å²) < 4.78 is 0. The lowest BCUT2D eigenvalue weighted by Gasteiger charge is -2.12. The average molecular weight is 390 g/mol. The highest BCUT2D eigenvalue weighted by Crippen LogP contribution is 2.28. The Morgan fingerprint density at radius 1 is 1.25 bits per heavy atom. The minimum atomic E-state index is -0.437. The number of anilines is 1. The van der Waals surface area contributed by atoms with E-state index in [1.807, 2.05) is 23.6 Å². The number of thiazole rings is 1. The van der Waals surface area contributed by atoms with E-state index >= 15 is 0 Å². The van der Waals surface area contributed by atoms with Crippen molar-refractivity contribution in [1.82, 2.24) is 4.98 Å². The summed E-state index contributed by atoms with van der Waals surface area (Å²) in [6.45, 7) is 4.24. The number of allylic oxidation sites excluding steroid dienone is 1. The van der Waals surface area contributed by atoms with E-state index in [0.29, 0.717) is 22.2 Å². The number of benzene rings is 2. The Hall–Kier alpha value is -3.50. The molecule has 3 aromatic rings. The van der Waals surface area contributed by atoms with Gasteiger partial charge in [0.25, 0.3) is 5.69 Å². The lowest BCUT2D eigenvalue weighted by Crippen LogP contribution is -1.97. The van der Waals surface area contributed by atoms with Crippen LogP contribution in [0.15, 0.2) is 60.1 Å². The smallest absolute Gasteiger partial charge is 0.269 e. The number of nitro benzene ring substituents is 1. The molecule has 0 bridgehead atoms. The molecule has 28 heavy (non-hydrogen) atoms. The molecular formula is C21H18N4O2S. The Morgan fingerprint density at radius 2 is 1.96 bits per heavy atom. The van der Waals surface area contributed by atoms with Gasteiger partial charge in [-0.05, 0) is 29.7 Å². The topological polar surface area (TPSA) is 91.8 Å². The number of nitriles is 1. The third kappa shape index (κ3) is 4.24. The molecule has 1 heterocycles. The van der Waals surface area contributed by atoms with Gasteiger partial charge in [-0.25, -0.2) is 4.98 Å². The van der Waals surface area contributed by atoms with Crippen LogP contribution in [0.1, 0.15) is 30.3 Å². The molecular weight excluding hydrogens is 372 g/mol. The van der Waals surface area contributed by atoms with Gasteiger partial charge in [0.05, 0.1) is 10.6 Å². The highest BCUT2D eigenvalue weighted by Gasteiger charge is 2.11. The Bertz CT molecular complexity index is 1060. The Kier molecular flexibility index (Phi) is 5.82. The first-order valence-corrected chi connectivity index (χ1v) is 9.54. The van der Waals surface area contributed by atoms with Crippen molar-refractivity contribution in [2.45, 2.75) is 19.8 Å². The fourth-order valence-corrected chi connectivity index (χ4v) is 3.50. The SMILES string of the molecule is CC(C)c1ccccc1N/C=C(/C#N)c1nc(-c2ccc([N+](=O)[O-])cc2)cs1. The van der Waals surface area contributed by atoms with E-state index in [0.717, 1.165) is 11.3 Å². The molecule has 0 saturated carbocycles. The van der Waals surface area contributed by atoms with Crippen LogP contribution in [0.4, 0.5) is 11.4 Å². The fourth-order valence-electron chi connectivity index (χ4n) is 2.71. The van der Waals surface area contributed by atoms with Crippen LogP contribution in [0.2, 0.25) is 0 Å². The minimum Gasteiger partial charge on any atom is -0.360 e. The van der Waals surface area contributed by atoms with E-state index in [9.17, 15) is 15.4 Å². The zero-order valence-electron chi connectivity index (χ0n) is 15.4. The third-order valence-electron chi connectivity index (χ3n) is 4.18. The summed E-state index contributed by atoms with van der Waals surface area (Å²) in [4.78, 5) is 14.9. The monoisotopic (exact) mass is 390 g/mol. The first kappa shape index (κ1) is 19.3. The van der Waals surface area contributed by atoms with Gasteiger partial charge in [0.1, 0.15) is 16.6 Å². The number of para-hydroxylation sites is 1. The third-order valence-corrected chi connectivity index (χ3v) is 5.06. The van der Waals surface area contributed by atoms with E-state index in [1.54, 1.807) is 18.3 Å². The van der Waals surface area contributed by atoms with Crippen molar-refractivity contribution in [2.75, 3.05) is 5.32 Å². The molecule has 0 amide bonds. The number of hydrogen-bond donors (Lipinski definition) is 1. The number of nitrogens with zero attached hydrogens (tertiary/aromatic N) is 3. The molecule has 1 aromatic heterocycles. The Morgan fingerprint density at radius 3 is 2.61 bits per heavy atom. The van der Waals surface area contributed by atoms with Gasteiger partial charge in [-0.2, -0.15) is 5.26 Å². The van der Waals surface area contributed by atoms with Gasteiger partial charge >= 0.3 is 0 Å².